The molecule has 0 spiro atoms. The largest absolute Gasteiger partial charge is 0.304 e. The van der Waals surface area contributed by atoms with Gasteiger partial charge < -0.3 is 14.7 Å². The Labute approximate surface area is 223 Å². The van der Waals surface area contributed by atoms with Gasteiger partial charge in [-0.2, -0.15) is 0 Å². The molecule has 0 bridgehead atoms. The van der Waals surface area contributed by atoms with E-state index in [1.165, 1.54) is 45.6 Å². The number of rotatable bonds is 12. The van der Waals surface area contributed by atoms with Crippen LogP contribution in [0.15, 0.2) is 0 Å². The van der Waals surface area contributed by atoms with Crippen LogP contribution < -0.4 is 0 Å². The van der Waals surface area contributed by atoms with Crippen molar-refractivity contribution in [3.8, 4) is 0 Å². The van der Waals surface area contributed by atoms with E-state index in [1.807, 2.05) is 0 Å². The van der Waals surface area contributed by atoms with Crippen molar-refractivity contribution in [2.24, 2.45) is 5.92 Å². The van der Waals surface area contributed by atoms with Gasteiger partial charge in [0, 0.05) is 69.5 Å². The Morgan fingerprint density at radius 3 is 1.00 bits per heavy atom. The fraction of sp³-hybridized carbons (Fsp3) is 1.00. The van der Waals surface area contributed by atoms with Gasteiger partial charge in [0.25, 0.3) is 0 Å². The summed E-state index contributed by atoms with van der Waals surface area (Å²) in [6.45, 7) is 35.7. The smallest absolute Gasteiger partial charge is 0.0113 e. The van der Waals surface area contributed by atoms with Crippen molar-refractivity contribution in [3.63, 3.8) is 0 Å². The SMILES string of the molecule is CC(C)CCCN(C)C(C)C.CC(C)N(C)CCN(C)C(C)C.CC(C)N1CCN(C(C)C)CC1. The van der Waals surface area contributed by atoms with Gasteiger partial charge >= 0.3 is 0 Å². The molecule has 0 saturated carbocycles. The minimum atomic E-state index is 0.658. The van der Waals surface area contributed by atoms with Gasteiger partial charge in [0.2, 0.25) is 0 Å². The van der Waals surface area contributed by atoms with Crippen LogP contribution in [0.4, 0.5) is 0 Å². The summed E-state index contributed by atoms with van der Waals surface area (Å²) in [4.78, 5) is 12.3. The van der Waals surface area contributed by atoms with Crippen molar-refractivity contribution in [1.82, 2.24) is 24.5 Å². The first-order valence-electron chi connectivity index (χ1n) is 14.7. The van der Waals surface area contributed by atoms with E-state index < -0.39 is 0 Å². The fourth-order valence-corrected chi connectivity index (χ4v) is 3.61. The average Bonchev–Trinajstić information content (AvgIpc) is 2.77. The molecule has 1 rings (SSSR count). The third kappa shape index (κ3) is 20.5. The van der Waals surface area contributed by atoms with E-state index in [0.29, 0.717) is 18.1 Å². The summed E-state index contributed by atoms with van der Waals surface area (Å²) in [7, 11) is 6.56. The highest BCUT2D eigenvalue weighted by atomic mass is 15.3. The molecular weight excluding hydrogens is 430 g/mol. The van der Waals surface area contributed by atoms with Crippen molar-refractivity contribution in [1.29, 1.82) is 0 Å². The molecule has 1 aliphatic heterocycles. The Balaban J connectivity index is 0. The summed E-state index contributed by atoms with van der Waals surface area (Å²) in [6, 6.07) is 3.46. The van der Waals surface area contributed by atoms with E-state index >= 15 is 0 Å². The second-order valence-electron chi connectivity index (χ2n) is 12.5. The maximum atomic E-state index is 2.55. The molecule has 214 valence electrons. The minimum Gasteiger partial charge on any atom is -0.304 e. The summed E-state index contributed by atoms with van der Waals surface area (Å²) >= 11 is 0. The molecule has 0 amide bonds. The molecule has 5 heteroatoms. The van der Waals surface area contributed by atoms with Crippen molar-refractivity contribution >= 4 is 0 Å². The second-order valence-corrected chi connectivity index (χ2v) is 12.5. The van der Waals surface area contributed by atoms with Crippen LogP contribution in [0, 0.1) is 5.92 Å². The van der Waals surface area contributed by atoms with Gasteiger partial charge in [-0.1, -0.05) is 13.8 Å². The minimum absolute atomic E-state index is 0.658. The molecule has 5 nitrogen and oxygen atoms in total. The highest BCUT2D eigenvalue weighted by molar-refractivity contribution is 4.75. The third-order valence-electron chi connectivity index (χ3n) is 7.55. The maximum absolute atomic E-state index is 2.55. The number of hydrogen-bond donors (Lipinski definition) is 0. The topological polar surface area (TPSA) is 16.2 Å². The summed E-state index contributed by atoms with van der Waals surface area (Å²) in [5.74, 6) is 0.857. The van der Waals surface area contributed by atoms with Crippen molar-refractivity contribution in [2.45, 2.75) is 126 Å². The lowest BCUT2D eigenvalue weighted by atomic mass is 10.1. The van der Waals surface area contributed by atoms with Crippen molar-refractivity contribution in [3.05, 3.63) is 0 Å². The summed E-state index contributed by atoms with van der Waals surface area (Å²) in [5.41, 5.74) is 0. The van der Waals surface area contributed by atoms with Gasteiger partial charge in [0.15, 0.2) is 0 Å². The predicted molar refractivity (Wildman–Crippen MR) is 161 cm³/mol. The molecule has 0 radical (unpaired) electrons. The lowest BCUT2D eigenvalue weighted by Crippen LogP contribution is -2.50. The fourth-order valence-electron chi connectivity index (χ4n) is 3.61. The number of nitrogens with zero attached hydrogens (tertiary/aromatic N) is 5. The molecule has 35 heavy (non-hydrogen) atoms. The molecule has 0 aromatic heterocycles. The zero-order valence-corrected chi connectivity index (χ0v) is 27.1. The highest BCUT2D eigenvalue weighted by Gasteiger charge is 2.19. The van der Waals surface area contributed by atoms with Crippen molar-refractivity contribution < 1.29 is 0 Å². The van der Waals surface area contributed by atoms with Crippen LogP contribution in [-0.2, 0) is 0 Å². The van der Waals surface area contributed by atoms with Crippen molar-refractivity contribution in [2.75, 3.05) is 67.0 Å². The van der Waals surface area contributed by atoms with Gasteiger partial charge in [-0.15, -0.1) is 0 Å². The van der Waals surface area contributed by atoms with E-state index in [9.17, 15) is 0 Å². The molecule has 0 atom stereocenters. The third-order valence-corrected chi connectivity index (χ3v) is 7.55. The van der Waals surface area contributed by atoms with Crippen LogP contribution in [-0.4, -0.2) is 122 Å². The summed E-state index contributed by atoms with van der Waals surface area (Å²) < 4.78 is 0. The standard InChI is InChI=1S/C10H22N2.C10H24N2.C10H23N/c1-9(2)11-5-7-12(8-6-11)10(3)4;1-9(2)11(5)7-8-12(6)10(3)4;1-9(2)7-6-8-11(5)10(3)4/h9-10H,5-8H2,1-4H3;9-10H,7-8H2,1-6H3;9-10H,6-8H2,1-5H3. The van der Waals surface area contributed by atoms with Crippen LogP contribution in [0.5, 0.6) is 0 Å². The van der Waals surface area contributed by atoms with Crippen LogP contribution in [0.3, 0.4) is 0 Å². The second kappa shape index (κ2) is 20.8. The van der Waals surface area contributed by atoms with Gasteiger partial charge in [-0.25, -0.2) is 0 Å². The van der Waals surface area contributed by atoms with Gasteiger partial charge in [0.1, 0.15) is 0 Å². The van der Waals surface area contributed by atoms with E-state index in [4.69, 9.17) is 0 Å². The van der Waals surface area contributed by atoms with Gasteiger partial charge in [-0.3, -0.25) is 9.80 Å². The maximum Gasteiger partial charge on any atom is 0.0113 e. The molecular formula is C30H69N5. The molecule has 1 fully saturated rings. The average molecular weight is 500 g/mol. The number of piperazine rings is 1. The molecule has 0 N–H and O–H groups in total. The molecule has 1 aliphatic rings. The molecule has 0 aromatic carbocycles. The van der Waals surface area contributed by atoms with Crippen LogP contribution in [0.2, 0.25) is 0 Å². The van der Waals surface area contributed by atoms with E-state index in [2.05, 4.69) is 129 Å². The highest BCUT2D eigenvalue weighted by Crippen LogP contribution is 2.08. The van der Waals surface area contributed by atoms with Crippen LogP contribution >= 0.6 is 0 Å². The molecule has 0 aromatic rings. The number of hydrogen-bond acceptors (Lipinski definition) is 5. The van der Waals surface area contributed by atoms with E-state index in [1.54, 1.807) is 0 Å². The van der Waals surface area contributed by atoms with Crippen LogP contribution in [0.25, 0.3) is 0 Å². The van der Waals surface area contributed by atoms with E-state index in [-0.39, 0.29) is 0 Å². The summed E-state index contributed by atoms with van der Waals surface area (Å²) in [6.07, 6.45) is 2.70. The quantitative estimate of drug-likeness (QED) is 0.334. The predicted octanol–water partition coefficient (Wildman–Crippen LogP) is 5.85. The Hall–Kier alpha value is -0.200. The molecule has 0 aliphatic carbocycles. The first kappa shape index (κ1) is 37.0. The lowest BCUT2D eigenvalue weighted by Gasteiger charge is -2.38. The zero-order valence-electron chi connectivity index (χ0n) is 27.1. The first-order valence-corrected chi connectivity index (χ1v) is 14.7. The summed E-state index contributed by atoms with van der Waals surface area (Å²) in [5, 5.41) is 0. The Bertz CT molecular complexity index is 424. The Kier molecular flexibility index (Phi) is 22.0. The molecule has 1 saturated heterocycles. The Morgan fingerprint density at radius 1 is 0.486 bits per heavy atom. The Morgan fingerprint density at radius 2 is 0.771 bits per heavy atom. The zero-order chi connectivity index (χ0) is 27.7. The van der Waals surface area contributed by atoms with Crippen LogP contribution in [0.1, 0.15) is 95.9 Å². The van der Waals surface area contributed by atoms with Gasteiger partial charge in [0.05, 0.1) is 0 Å². The van der Waals surface area contributed by atoms with E-state index in [0.717, 1.165) is 31.1 Å². The van der Waals surface area contributed by atoms with Gasteiger partial charge in [-0.05, 0) is 116 Å². The first-order chi connectivity index (χ1) is 16.1. The number of likely N-dealkylation sites (N-methyl/N-ethyl adjacent to an activating group) is 2. The molecule has 1 heterocycles. The normalized spacial score (nSPS) is 15.8. The monoisotopic (exact) mass is 500 g/mol. The lowest BCUT2D eigenvalue weighted by molar-refractivity contribution is 0.0887. The molecule has 0 unspecified atom stereocenters.